The summed E-state index contributed by atoms with van der Waals surface area (Å²) in [7, 11) is 0. The van der Waals surface area contributed by atoms with E-state index < -0.39 is 0 Å². The molecule has 0 spiro atoms. The summed E-state index contributed by atoms with van der Waals surface area (Å²) in [4.78, 5) is 31.4. The molecule has 3 aromatic rings. The van der Waals surface area contributed by atoms with E-state index in [-0.39, 0.29) is 30.0 Å². The predicted octanol–water partition coefficient (Wildman–Crippen LogP) is 4.31. The van der Waals surface area contributed by atoms with Gasteiger partial charge in [0.05, 0.1) is 12.3 Å². The van der Waals surface area contributed by atoms with Crippen molar-refractivity contribution < 1.29 is 14.0 Å². The Hall–Kier alpha value is -3.54. The van der Waals surface area contributed by atoms with E-state index in [2.05, 4.69) is 10.3 Å². The van der Waals surface area contributed by atoms with Gasteiger partial charge in [0.15, 0.2) is 0 Å². The van der Waals surface area contributed by atoms with E-state index in [0.29, 0.717) is 18.8 Å². The lowest BCUT2D eigenvalue weighted by Gasteiger charge is -2.32. The van der Waals surface area contributed by atoms with Crippen LogP contribution in [0.15, 0.2) is 72.9 Å². The van der Waals surface area contributed by atoms with E-state index in [9.17, 15) is 14.0 Å². The summed E-state index contributed by atoms with van der Waals surface area (Å²) in [5.41, 5.74) is 3.08. The summed E-state index contributed by atoms with van der Waals surface area (Å²) in [5, 5.41) is 2.95. The van der Waals surface area contributed by atoms with Crippen molar-refractivity contribution in [3.05, 3.63) is 84.4 Å². The molecule has 2 amide bonds. The van der Waals surface area contributed by atoms with Crippen LogP contribution in [0.5, 0.6) is 0 Å². The van der Waals surface area contributed by atoms with Crippen molar-refractivity contribution in [2.75, 3.05) is 18.4 Å². The molecular formula is C25H24FN3O2. The molecule has 1 aliphatic rings. The highest BCUT2D eigenvalue weighted by atomic mass is 19.1. The fraction of sp³-hybridized carbons (Fsp3) is 0.240. The largest absolute Gasteiger partial charge is 0.342 e. The summed E-state index contributed by atoms with van der Waals surface area (Å²) in [5.74, 6) is -0.622. The van der Waals surface area contributed by atoms with Gasteiger partial charge in [0.1, 0.15) is 5.82 Å². The zero-order valence-corrected chi connectivity index (χ0v) is 17.1. The second-order valence-corrected chi connectivity index (χ2v) is 7.75. The quantitative estimate of drug-likeness (QED) is 0.673. The number of piperidine rings is 1. The number of carbonyl (C=O) groups excluding carboxylic acids is 2. The maximum absolute atomic E-state index is 13.4. The molecule has 1 saturated heterocycles. The zero-order chi connectivity index (χ0) is 21.6. The molecule has 31 heavy (non-hydrogen) atoms. The minimum Gasteiger partial charge on any atom is -0.342 e. The van der Waals surface area contributed by atoms with E-state index in [0.717, 1.165) is 29.7 Å². The van der Waals surface area contributed by atoms with Crippen molar-refractivity contribution in [1.82, 2.24) is 9.88 Å². The Morgan fingerprint density at radius 3 is 2.61 bits per heavy atom. The van der Waals surface area contributed by atoms with E-state index in [4.69, 9.17) is 0 Å². The van der Waals surface area contributed by atoms with E-state index >= 15 is 0 Å². The Labute approximate surface area is 180 Å². The van der Waals surface area contributed by atoms with Crippen molar-refractivity contribution in [2.24, 2.45) is 5.92 Å². The molecule has 2 aromatic carbocycles. The zero-order valence-electron chi connectivity index (χ0n) is 17.1. The summed E-state index contributed by atoms with van der Waals surface area (Å²) < 4.78 is 13.4. The Morgan fingerprint density at radius 1 is 1.03 bits per heavy atom. The Morgan fingerprint density at radius 2 is 1.87 bits per heavy atom. The highest BCUT2D eigenvalue weighted by Crippen LogP contribution is 2.24. The van der Waals surface area contributed by atoms with Crippen LogP contribution in [0.3, 0.4) is 0 Å². The number of anilines is 1. The molecule has 0 radical (unpaired) electrons. The first-order valence-electron chi connectivity index (χ1n) is 10.4. The summed E-state index contributed by atoms with van der Waals surface area (Å²) >= 11 is 0. The van der Waals surface area contributed by atoms with E-state index in [1.807, 2.05) is 48.5 Å². The maximum atomic E-state index is 13.4. The molecule has 158 valence electrons. The summed E-state index contributed by atoms with van der Waals surface area (Å²) in [6.45, 7) is 1.08. The number of hydrogen-bond donors (Lipinski definition) is 1. The predicted molar refractivity (Wildman–Crippen MR) is 118 cm³/mol. The van der Waals surface area contributed by atoms with Crippen LogP contribution in [0.1, 0.15) is 18.5 Å². The fourth-order valence-electron chi connectivity index (χ4n) is 3.85. The summed E-state index contributed by atoms with van der Waals surface area (Å²) in [6.07, 6.45) is 3.47. The lowest BCUT2D eigenvalue weighted by Crippen LogP contribution is -2.44. The van der Waals surface area contributed by atoms with Crippen LogP contribution in [-0.4, -0.2) is 34.8 Å². The van der Waals surface area contributed by atoms with Gasteiger partial charge < -0.3 is 10.2 Å². The van der Waals surface area contributed by atoms with Gasteiger partial charge >= 0.3 is 0 Å². The second kappa shape index (κ2) is 9.51. The van der Waals surface area contributed by atoms with Crippen LogP contribution >= 0.6 is 0 Å². The third-order valence-electron chi connectivity index (χ3n) is 5.51. The number of hydrogen-bond acceptors (Lipinski definition) is 3. The molecule has 2 heterocycles. The third-order valence-corrected chi connectivity index (χ3v) is 5.51. The van der Waals surface area contributed by atoms with Gasteiger partial charge in [0.25, 0.3) is 0 Å². The van der Waals surface area contributed by atoms with Crippen LogP contribution in [-0.2, 0) is 16.0 Å². The van der Waals surface area contributed by atoms with Crippen LogP contribution in [0.4, 0.5) is 10.1 Å². The number of nitrogens with zero attached hydrogens (tertiary/aromatic N) is 2. The number of pyridine rings is 1. The van der Waals surface area contributed by atoms with Crippen LogP contribution in [0, 0.1) is 11.7 Å². The van der Waals surface area contributed by atoms with Gasteiger partial charge in [-0.25, -0.2) is 4.39 Å². The van der Waals surface area contributed by atoms with Crippen LogP contribution < -0.4 is 5.32 Å². The van der Waals surface area contributed by atoms with Crippen molar-refractivity contribution in [2.45, 2.75) is 19.3 Å². The first-order chi connectivity index (χ1) is 15.1. The van der Waals surface area contributed by atoms with Crippen molar-refractivity contribution in [3.63, 3.8) is 0 Å². The number of likely N-dealkylation sites (tertiary alicyclic amines) is 1. The smallest absolute Gasteiger partial charge is 0.229 e. The molecule has 4 rings (SSSR count). The topological polar surface area (TPSA) is 62.3 Å². The van der Waals surface area contributed by atoms with Crippen LogP contribution in [0.25, 0.3) is 11.1 Å². The van der Waals surface area contributed by atoms with Gasteiger partial charge in [-0.05, 0) is 60.4 Å². The average Bonchev–Trinajstić information content (AvgIpc) is 2.80. The SMILES string of the molecule is O=C(Nc1ccc(-c2cccc(F)c2)cc1)C1CCCN(C(=O)Cc2ccccn2)C1. The van der Waals surface area contributed by atoms with Gasteiger partial charge in [0, 0.05) is 30.7 Å². The molecule has 0 aliphatic carbocycles. The highest BCUT2D eigenvalue weighted by Gasteiger charge is 2.28. The number of carbonyl (C=O) groups is 2. The fourth-order valence-corrected chi connectivity index (χ4v) is 3.85. The number of benzene rings is 2. The number of amides is 2. The monoisotopic (exact) mass is 417 g/mol. The first kappa shape index (κ1) is 20.7. The summed E-state index contributed by atoms with van der Waals surface area (Å²) in [6, 6.07) is 19.2. The van der Waals surface area contributed by atoms with Gasteiger partial charge in [-0.15, -0.1) is 0 Å². The van der Waals surface area contributed by atoms with E-state index in [1.54, 1.807) is 17.2 Å². The Bertz CT molecular complexity index is 1050. The van der Waals surface area contributed by atoms with Gasteiger partial charge in [-0.2, -0.15) is 0 Å². The number of rotatable bonds is 5. The van der Waals surface area contributed by atoms with Crippen LogP contribution in [0.2, 0.25) is 0 Å². The van der Waals surface area contributed by atoms with E-state index in [1.165, 1.54) is 12.1 Å². The van der Waals surface area contributed by atoms with Gasteiger partial charge in [-0.1, -0.05) is 30.3 Å². The molecule has 0 saturated carbocycles. The molecule has 1 fully saturated rings. The molecule has 1 aliphatic heterocycles. The third kappa shape index (κ3) is 5.34. The second-order valence-electron chi connectivity index (χ2n) is 7.75. The Balaban J connectivity index is 1.35. The lowest BCUT2D eigenvalue weighted by atomic mass is 9.96. The van der Waals surface area contributed by atoms with Crippen molar-refractivity contribution in [1.29, 1.82) is 0 Å². The molecular weight excluding hydrogens is 393 g/mol. The molecule has 6 heteroatoms. The molecule has 1 unspecified atom stereocenters. The number of nitrogens with one attached hydrogen (secondary N) is 1. The maximum Gasteiger partial charge on any atom is 0.229 e. The molecule has 0 bridgehead atoms. The number of halogens is 1. The standard InChI is InChI=1S/C25H24FN3O2/c26-21-7-3-5-19(15-21)18-9-11-22(12-10-18)28-25(31)20-6-4-14-29(17-20)24(30)16-23-8-1-2-13-27-23/h1-3,5,7-13,15,20H,4,6,14,16-17H2,(H,28,31). The Kier molecular flexibility index (Phi) is 6.36. The molecule has 1 atom stereocenters. The molecule has 5 nitrogen and oxygen atoms in total. The minimum absolute atomic E-state index is 0.00403. The average molecular weight is 417 g/mol. The first-order valence-corrected chi connectivity index (χ1v) is 10.4. The molecule has 1 aromatic heterocycles. The normalized spacial score (nSPS) is 16.0. The van der Waals surface area contributed by atoms with Gasteiger partial charge in [0.2, 0.25) is 11.8 Å². The van der Waals surface area contributed by atoms with Gasteiger partial charge in [-0.3, -0.25) is 14.6 Å². The van der Waals surface area contributed by atoms with Crippen molar-refractivity contribution in [3.8, 4) is 11.1 Å². The number of aromatic nitrogens is 1. The highest BCUT2D eigenvalue weighted by molar-refractivity contribution is 5.93. The minimum atomic E-state index is -0.283. The lowest BCUT2D eigenvalue weighted by molar-refractivity contribution is -0.134. The molecule has 1 N–H and O–H groups in total. The van der Waals surface area contributed by atoms with Crippen molar-refractivity contribution >= 4 is 17.5 Å².